The van der Waals surface area contributed by atoms with Gasteiger partial charge in [0.05, 0.1) is 11.4 Å². The van der Waals surface area contributed by atoms with Crippen molar-refractivity contribution in [1.82, 2.24) is 0 Å². The number of benzene rings is 2. The van der Waals surface area contributed by atoms with Crippen LogP contribution in [-0.2, 0) is 21.5 Å². The van der Waals surface area contributed by atoms with Crippen molar-refractivity contribution in [1.29, 1.82) is 0 Å². The van der Waals surface area contributed by atoms with Crippen molar-refractivity contribution in [2.24, 2.45) is 11.1 Å². The summed E-state index contributed by atoms with van der Waals surface area (Å²) in [5.74, 6) is 0.303. The average Bonchev–Trinajstić information content (AvgIpc) is 2.78. The van der Waals surface area contributed by atoms with Gasteiger partial charge in [-0.25, -0.2) is 0 Å². The van der Waals surface area contributed by atoms with Gasteiger partial charge in [0.2, 0.25) is 0 Å². The monoisotopic (exact) mass is 516 g/mol. The predicted octanol–water partition coefficient (Wildman–Crippen LogP) is 7.23. The number of nitrogens with zero attached hydrogens (tertiary/aromatic N) is 1. The van der Waals surface area contributed by atoms with Crippen LogP contribution in [0, 0.1) is 5.92 Å². The molecule has 0 bridgehead atoms. The zero-order valence-electron chi connectivity index (χ0n) is 19.0. The SMILES string of the molecule is CC(C)C(=NOCc1ccc(C2CCCCC2)cc1)c1cc(Cl)ccc1NS(=O)(=O)C(F)(F)F. The molecule has 1 aliphatic rings. The fourth-order valence-corrected chi connectivity index (χ4v) is 4.74. The molecule has 0 unspecified atom stereocenters. The van der Waals surface area contributed by atoms with Gasteiger partial charge in [-0.15, -0.1) is 0 Å². The average molecular weight is 517 g/mol. The van der Waals surface area contributed by atoms with Gasteiger partial charge >= 0.3 is 15.5 Å². The van der Waals surface area contributed by atoms with Crippen LogP contribution in [0.5, 0.6) is 0 Å². The molecular formula is C24H28ClF3N2O3S. The Labute approximate surface area is 203 Å². The van der Waals surface area contributed by atoms with Crippen molar-refractivity contribution in [3.05, 3.63) is 64.2 Å². The molecule has 2 aromatic rings. The van der Waals surface area contributed by atoms with E-state index >= 15 is 0 Å². The van der Waals surface area contributed by atoms with Gasteiger partial charge in [0.15, 0.2) is 0 Å². The van der Waals surface area contributed by atoms with Crippen LogP contribution in [0.25, 0.3) is 0 Å². The molecule has 0 aliphatic heterocycles. The minimum atomic E-state index is -5.61. The largest absolute Gasteiger partial charge is 0.516 e. The smallest absolute Gasteiger partial charge is 0.391 e. The highest BCUT2D eigenvalue weighted by Crippen LogP contribution is 2.33. The van der Waals surface area contributed by atoms with Crippen LogP contribution in [0.1, 0.15) is 68.6 Å². The van der Waals surface area contributed by atoms with Gasteiger partial charge in [-0.3, -0.25) is 4.72 Å². The first-order valence-corrected chi connectivity index (χ1v) is 13.0. The van der Waals surface area contributed by atoms with Crippen LogP contribution in [-0.4, -0.2) is 19.6 Å². The number of rotatable bonds is 8. The van der Waals surface area contributed by atoms with E-state index in [1.807, 2.05) is 12.1 Å². The third-order valence-electron chi connectivity index (χ3n) is 5.80. The molecule has 1 N–H and O–H groups in total. The summed E-state index contributed by atoms with van der Waals surface area (Å²) in [5.41, 5.74) is -3.15. The summed E-state index contributed by atoms with van der Waals surface area (Å²) in [5, 5.41) is 4.36. The van der Waals surface area contributed by atoms with Crippen LogP contribution >= 0.6 is 11.6 Å². The van der Waals surface area contributed by atoms with Gasteiger partial charge in [0, 0.05) is 10.6 Å². The topological polar surface area (TPSA) is 67.8 Å². The maximum absolute atomic E-state index is 12.9. The summed E-state index contributed by atoms with van der Waals surface area (Å²) in [6.07, 6.45) is 6.22. The Morgan fingerprint density at radius 2 is 1.76 bits per heavy atom. The first-order chi connectivity index (χ1) is 16.0. The number of oxime groups is 1. The highest BCUT2D eigenvalue weighted by Gasteiger charge is 2.46. The zero-order chi connectivity index (χ0) is 24.9. The van der Waals surface area contributed by atoms with Crippen molar-refractivity contribution < 1.29 is 26.4 Å². The molecule has 0 saturated heterocycles. The van der Waals surface area contributed by atoms with Crippen LogP contribution in [0.2, 0.25) is 5.02 Å². The Hall–Kier alpha value is -2.26. The summed E-state index contributed by atoms with van der Waals surface area (Å²) in [4.78, 5) is 5.52. The third kappa shape index (κ3) is 6.66. The van der Waals surface area contributed by atoms with Crippen LogP contribution in [0.15, 0.2) is 47.6 Å². The number of alkyl halides is 3. The lowest BCUT2D eigenvalue weighted by Gasteiger charge is -2.22. The second-order valence-corrected chi connectivity index (χ2v) is 10.8. The maximum atomic E-state index is 12.9. The molecular weight excluding hydrogens is 489 g/mol. The van der Waals surface area contributed by atoms with E-state index < -0.39 is 15.5 Å². The molecule has 0 heterocycles. The van der Waals surface area contributed by atoms with E-state index in [1.54, 1.807) is 18.6 Å². The molecule has 5 nitrogen and oxygen atoms in total. The molecule has 1 fully saturated rings. The van der Waals surface area contributed by atoms with E-state index in [0.717, 1.165) is 5.56 Å². The van der Waals surface area contributed by atoms with Gasteiger partial charge in [-0.05, 0) is 54.0 Å². The van der Waals surface area contributed by atoms with Crippen LogP contribution in [0.3, 0.4) is 0 Å². The molecule has 2 aromatic carbocycles. The van der Waals surface area contributed by atoms with E-state index in [4.69, 9.17) is 16.4 Å². The lowest BCUT2D eigenvalue weighted by atomic mass is 9.84. The molecule has 0 atom stereocenters. The first-order valence-electron chi connectivity index (χ1n) is 11.2. The van der Waals surface area contributed by atoms with E-state index in [2.05, 4.69) is 17.3 Å². The Morgan fingerprint density at radius 3 is 2.35 bits per heavy atom. The fraction of sp³-hybridized carbons (Fsp3) is 0.458. The molecule has 10 heteroatoms. The van der Waals surface area contributed by atoms with Crippen molar-refractivity contribution in [3.63, 3.8) is 0 Å². The third-order valence-corrected chi connectivity index (χ3v) is 7.14. The second kappa shape index (κ2) is 11.0. The van der Waals surface area contributed by atoms with Crippen molar-refractivity contribution in [2.75, 3.05) is 4.72 Å². The normalized spacial score (nSPS) is 16.0. The van der Waals surface area contributed by atoms with Crippen LogP contribution < -0.4 is 4.72 Å². The van der Waals surface area contributed by atoms with Gasteiger partial charge in [0.1, 0.15) is 6.61 Å². The first kappa shape index (κ1) is 26.3. The Bertz CT molecular complexity index is 1110. The molecule has 1 aliphatic carbocycles. The molecule has 34 heavy (non-hydrogen) atoms. The van der Waals surface area contributed by atoms with E-state index in [-0.39, 0.29) is 34.5 Å². The fourth-order valence-electron chi connectivity index (χ4n) is 3.98. The Balaban J connectivity index is 1.78. The number of nitrogens with one attached hydrogen (secondary N) is 1. The standard InChI is InChI=1S/C24H28ClF3N2O3S/c1-16(2)23(21-14-20(25)12-13-22(21)30-34(31,32)24(26,27)28)29-33-15-17-8-10-19(11-9-17)18-6-4-3-5-7-18/h8-14,16,18,30H,3-7,15H2,1-2H3. The van der Waals surface area contributed by atoms with Crippen molar-refractivity contribution in [3.8, 4) is 0 Å². The van der Waals surface area contributed by atoms with Gasteiger partial charge < -0.3 is 4.84 Å². The number of anilines is 1. The van der Waals surface area contributed by atoms with Crippen molar-refractivity contribution in [2.45, 2.75) is 64.0 Å². The summed E-state index contributed by atoms with van der Waals surface area (Å²) in [6.45, 7) is 3.69. The summed E-state index contributed by atoms with van der Waals surface area (Å²) in [7, 11) is -5.61. The molecule has 0 aromatic heterocycles. The summed E-state index contributed by atoms with van der Waals surface area (Å²) >= 11 is 6.04. The number of hydrogen-bond acceptors (Lipinski definition) is 4. The Kier molecular flexibility index (Phi) is 8.52. The Morgan fingerprint density at radius 1 is 1.12 bits per heavy atom. The lowest BCUT2D eigenvalue weighted by molar-refractivity contribution is -0.0429. The number of halogens is 4. The minimum absolute atomic E-state index is 0.114. The predicted molar refractivity (Wildman–Crippen MR) is 128 cm³/mol. The van der Waals surface area contributed by atoms with E-state index in [1.165, 1.54) is 55.9 Å². The van der Waals surface area contributed by atoms with Crippen molar-refractivity contribution >= 4 is 33.0 Å². The van der Waals surface area contributed by atoms with Gasteiger partial charge in [-0.1, -0.05) is 74.1 Å². The van der Waals surface area contributed by atoms with Crippen LogP contribution in [0.4, 0.5) is 18.9 Å². The minimum Gasteiger partial charge on any atom is -0.391 e. The zero-order valence-corrected chi connectivity index (χ0v) is 20.6. The molecule has 186 valence electrons. The summed E-state index contributed by atoms with van der Waals surface area (Å²) in [6, 6.07) is 12.0. The molecule has 0 spiro atoms. The molecule has 3 rings (SSSR count). The lowest BCUT2D eigenvalue weighted by Crippen LogP contribution is -2.30. The molecule has 0 radical (unpaired) electrons. The van der Waals surface area contributed by atoms with E-state index in [9.17, 15) is 21.6 Å². The maximum Gasteiger partial charge on any atom is 0.516 e. The van der Waals surface area contributed by atoms with Gasteiger partial charge in [0.25, 0.3) is 0 Å². The number of hydrogen-bond donors (Lipinski definition) is 1. The van der Waals surface area contributed by atoms with Gasteiger partial charge in [-0.2, -0.15) is 21.6 Å². The highest BCUT2D eigenvalue weighted by atomic mass is 35.5. The quantitative estimate of drug-likeness (QED) is 0.297. The highest BCUT2D eigenvalue weighted by molar-refractivity contribution is 7.93. The molecule has 0 amide bonds. The molecule has 1 saturated carbocycles. The second-order valence-electron chi connectivity index (χ2n) is 8.72. The van der Waals surface area contributed by atoms with E-state index in [0.29, 0.717) is 5.92 Å². The number of sulfonamides is 1. The summed E-state index contributed by atoms with van der Waals surface area (Å²) < 4.78 is 63.6.